The van der Waals surface area contributed by atoms with Crippen LogP contribution in [0, 0.1) is 6.92 Å². The third kappa shape index (κ3) is 6.15. The molecule has 4 heterocycles. The molecular weight excluding hydrogens is 644 g/mol. The quantitative estimate of drug-likeness (QED) is 0.162. The van der Waals surface area contributed by atoms with E-state index >= 15 is 0 Å². The average molecular weight is 679 g/mol. The number of aromatic amines is 1. The van der Waals surface area contributed by atoms with Gasteiger partial charge in [0.05, 0.1) is 33.9 Å². The van der Waals surface area contributed by atoms with E-state index in [4.69, 9.17) is 4.99 Å². The molecule has 10 nitrogen and oxygen atoms in total. The number of rotatable bonds is 9. The standard InChI is InChI=1S/C41H34N4O6/c1-7-28-20(3)38(46)44-32(28)17-30-22(5)36(24-9-13-26(14-10-24)40(48)49)34(42-30)19-35-37(25-11-15-27(16-12-25)41(50)51)23(6)31(43-35)18-33-29(8-2)21(4)39(47)45-33/h7-19,42H,1-2H2,3-6H3,(H,44,46)(H,45,47)(H,48,49)(H,50,51). The van der Waals surface area contributed by atoms with E-state index in [2.05, 4.69) is 28.8 Å². The zero-order valence-corrected chi connectivity index (χ0v) is 28.4. The highest BCUT2D eigenvalue weighted by Crippen LogP contribution is 2.40. The number of carbonyl (C=O) groups excluding carboxylic acids is 2. The van der Waals surface area contributed by atoms with Gasteiger partial charge in [-0.2, -0.15) is 0 Å². The van der Waals surface area contributed by atoms with E-state index < -0.39 is 11.9 Å². The molecule has 6 rings (SSSR count). The molecule has 0 radical (unpaired) electrons. The van der Waals surface area contributed by atoms with Crippen LogP contribution in [0.4, 0.5) is 0 Å². The highest BCUT2D eigenvalue weighted by molar-refractivity contribution is 6.21. The summed E-state index contributed by atoms with van der Waals surface area (Å²) in [5.74, 6) is -2.52. The van der Waals surface area contributed by atoms with Crippen LogP contribution in [0.15, 0.2) is 130 Å². The van der Waals surface area contributed by atoms with Crippen molar-refractivity contribution in [1.29, 1.82) is 0 Å². The Labute approximate surface area is 294 Å². The molecule has 1 aromatic heterocycles. The molecule has 0 fully saturated rings. The van der Waals surface area contributed by atoms with Gasteiger partial charge in [-0.25, -0.2) is 14.6 Å². The molecule has 2 aromatic carbocycles. The molecule has 3 aromatic rings. The number of H-pyrrole nitrogens is 1. The van der Waals surface area contributed by atoms with Gasteiger partial charge in [-0.15, -0.1) is 0 Å². The van der Waals surface area contributed by atoms with Crippen LogP contribution >= 0.6 is 0 Å². The van der Waals surface area contributed by atoms with Crippen LogP contribution in [0.5, 0.6) is 0 Å². The Kier molecular flexibility index (Phi) is 8.85. The van der Waals surface area contributed by atoms with Crippen LogP contribution < -0.4 is 10.6 Å². The number of aliphatic imine (C=N–C) groups is 1. The highest BCUT2D eigenvalue weighted by atomic mass is 16.4. The van der Waals surface area contributed by atoms with Gasteiger partial charge >= 0.3 is 11.9 Å². The van der Waals surface area contributed by atoms with Crippen molar-refractivity contribution >= 4 is 47.2 Å². The number of benzene rings is 2. The molecule has 0 atom stereocenters. The van der Waals surface area contributed by atoms with Crippen molar-refractivity contribution in [2.45, 2.75) is 27.7 Å². The molecule has 51 heavy (non-hydrogen) atoms. The van der Waals surface area contributed by atoms with E-state index in [0.717, 1.165) is 33.4 Å². The summed E-state index contributed by atoms with van der Waals surface area (Å²) >= 11 is 0. The van der Waals surface area contributed by atoms with Crippen molar-refractivity contribution in [1.82, 2.24) is 15.6 Å². The van der Waals surface area contributed by atoms with E-state index in [1.165, 1.54) is 12.1 Å². The molecule has 0 saturated heterocycles. The fourth-order valence-corrected chi connectivity index (χ4v) is 6.41. The molecule has 3 aliphatic rings. The number of amides is 2. The number of hydrogen-bond donors (Lipinski definition) is 5. The van der Waals surface area contributed by atoms with Crippen LogP contribution in [-0.2, 0) is 9.59 Å². The van der Waals surface area contributed by atoms with E-state index in [1.54, 1.807) is 68.5 Å². The lowest BCUT2D eigenvalue weighted by Gasteiger charge is -2.09. The predicted molar refractivity (Wildman–Crippen MR) is 197 cm³/mol. The number of carboxylic acid groups (broad SMARTS) is 2. The van der Waals surface area contributed by atoms with Crippen LogP contribution in [0.2, 0.25) is 0 Å². The van der Waals surface area contributed by atoms with E-state index in [-0.39, 0.29) is 22.9 Å². The number of carbonyl (C=O) groups is 4. The summed E-state index contributed by atoms with van der Waals surface area (Å²) in [6.45, 7) is 15.0. The molecule has 0 unspecified atom stereocenters. The van der Waals surface area contributed by atoms with Gasteiger partial charge in [-0.3, -0.25) is 9.59 Å². The molecule has 2 amide bonds. The maximum atomic E-state index is 12.5. The molecule has 0 spiro atoms. The Bertz CT molecular complexity index is 2340. The average Bonchev–Trinajstić information content (AvgIpc) is 3.76. The minimum absolute atomic E-state index is 0.139. The van der Waals surface area contributed by atoms with Gasteiger partial charge in [0.25, 0.3) is 11.8 Å². The Balaban J connectivity index is 1.57. The number of nitrogens with one attached hydrogen (secondary N) is 3. The minimum atomic E-state index is -1.04. The third-order valence-corrected chi connectivity index (χ3v) is 9.24. The Hall–Kier alpha value is -6.81. The summed E-state index contributed by atoms with van der Waals surface area (Å²) in [6, 6.07) is 13.1. The second-order valence-electron chi connectivity index (χ2n) is 12.3. The second kappa shape index (κ2) is 13.2. The predicted octanol–water partition coefficient (Wildman–Crippen LogP) is 7.15. The smallest absolute Gasteiger partial charge is 0.335 e. The first kappa shape index (κ1) is 34.1. The molecule has 254 valence electrons. The number of allylic oxidation sites excluding steroid dienone is 5. The first-order valence-corrected chi connectivity index (χ1v) is 16.0. The molecule has 0 saturated carbocycles. The van der Waals surface area contributed by atoms with Crippen LogP contribution in [0.3, 0.4) is 0 Å². The normalized spacial score (nSPS) is 18.3. The first-order chi connectivity index (χ1) is 24.3. The maximum absolute atomic E-state index is 12.5. The van der Waals surface area contributed by atoms with Crippen molar-refractivity contribution in [3.8, 4) is 11.1 Å². The van der Waals surface area contributed by atoms with Crippen molar-refractivity contribution in [2.75, 3.05) is 0 Å². The van der Waals surface area contributed by atoms with Crippen molar-refractivity contribution in [3.63, 3.8) is 0 Å². The lowest BCUT2D eigenvalue weighted by Crippen LogP contribution is -2.16. The molecule has 0 bridgehead atoms. The Morgan fingerprint density at radius 3 is 1.65 bits per heavy atom. The topological polar surface area (TPSA) is 161 Å². The van der Waals surface area contributed by atoms with E-state index in [1.807, 2.05) is 26.0 Å². The summed E-state index contributed by atoms with van der Waals surface area (Å²) in [5, 5.41) is 24.9. The van der Waals surface area contributed by atoms with Crippen molar-refractivity contribution in [3.05, 3.63) is 159 Å². The van der Waals surface area contributed by atoms with Gasteiger partial charge in [0, 0.05) is 44.8 Å². The number of nitrogens with zero attached hydrogens (tertiary/aromatic N) is 1. The largest absolute Gasteiger partial charge is 0.478 e. The van der Waals surface area contributed by atoms with Crippen molar-refractivity contribution in [2.24, 2.45) is 4.99 Å². The Morgan fingerprint density at radius 2 is 1.16 bits per heavy atom. The van der Waals surface area contributed by atoms with Gasteiger partial charge in [0.15, 0.2) is 0 Å². The molecule has 0 aliphatic carbocycles. The zero-order chi connectivity index (χ0) is 36.7. The molecule has 5 N–H and O–H groups in total. The fourth-order valence-electron chi connectivity index (χ4n) is 6.41. The number of carboxylic acids is 2. The summed E-state index contributed by atoms with van der Waals surface area (Å²) < 4.78 is 0. The number of aromatic carboxylic acids is 2. The molecule has 10 heteroatoms. The Morgan fingerprint density at radius 1 is 0.667 bits per heavy atom. The summed E-state index contributed by atoms with van der Waals surface area (Å²) in [4.78, 5) is 56.9. The fraction of sp³-hybridized carbons (Fsp3) is 0.0976. The monoisotopic (exact) mass is 678 g/mol. The van der Waals surface area contributed by atoms with Crippen LogP contribution in [0.25, 0.3) is 28.9 Å². The van der Waals surface area contributed by atoms with Gasteiger partial charge in [-0.1, -0.05) is 49.6 Å². The maximum Gasteiger partial charge on any atom is 0.335 e. The summed E-state index contributed by atoms with van der Waals surface area (Å²) in [6.07, 6.45) is 8.77. The lowest BCUT2D eigenvalue weighted by atomic mass is 9.95. The van der Waals surface area contributed by atoms with Crippen LogP contribution in [0.1, 0.15) is 64.0 Å². The zero-order valence-electron chi connectivity index (χ0n) is 28.4. The van der Waals surface area contributed by atoms with Gasteiger partial charge in [-0.05, 0) is 92.5 Å². The number of hydrogen-bond acceptors (Lipinski definition) is 5. The van der Waals surface area contributed by atoms with Gasteiger partial charge in [0.2, 0.25) is 0 Å². The van der Waals surface area contributed by atoms with Gasteiger partial charge < -0.3 is 25.8 Å². The number of aromatic nitrogens is 1. The minimum Gasteiger partial charge on any atom is -0.478 e. The molecule has 3 aliphatic heterocycles. The van der Waals surface area contributed by atoms with E-state index in [0.29, 0.717) is 56.5 Å². The summed E-state index contributed by atoms with van der Waals surface area (Å²) in [7, 11) is 0. The van der Waals surface area contributed by atoms with Gasteiger partial charge in [0.1, 0.15) is 0 Å². The summed E-state index contributed by atoms with van der Waals surface area (Å²) in [5.41, 5.74) is 11.0. The first-order valence-electron chi connectivity index (χ1n) is 16.0. The highest BCUT2D eigenvalue weighted by Gasteiger charge is 2.27. The lowest BCUT2D eigenvalue weighted by molar-refractivity contribution is -0.117. The second-order valence-corrected chi connectivity index (χ2v) is 12.3. The van der Waals surface area contributed by atoms with Crippen LogP contribution in [-0.4, -0.2) is 44.7 Å². The third-order valence-electron chi connectivity index (χ3n) is 9.24. The molecular formula is C41H34N4O6. The SMILES string of the molecule is C=CC1=C(C)C(=O)NC1=CC1=NC(=Cc2[nH]c(C=C3NC(=O)C(C)=C3C=C)c(C)c2-c2ccc(C(=O)O)cc2)C(c2ccc(C(=O)O)cc2)=C1C. The van der Waals surface area contributed by atoms with Crippen molar-refractivity contribution < 1.29 is 29.4 Å². The van der Waals surface area contributed by atoms with E-state index in [9.17, 15) is 29.4 Å².